The third-order valence-electron chi connectivity index (χ3n) is 4.00. The first kappa shape index (κ1) is 15.1. The summed E-state index contributed by atoms with van der Waals surface area (Å²) in [5, 5.41) is 10.6. The third kappa shape index (κ3) is 3.23. The molecular formula is C16H21NO2S. The van der Waals surface area contributed by atoms with Gasteiger partial charge in [-0.3, -0.25) is 4.79 Å². The smallest absolute Gasteiger partial charge is 0.255 e. The van der Waals surface area contributed by atoms with Gasteiger partial charge in [0.2, 0.25) is 0 Å². The Labute approximate surface area is 124 Å². The molecule has 2 rings (SSSR count). The van der Waals surface area contributed by atoms with Crippen LogP contribution in [0.15, 0.2) is 11.4 Å². The van der Waals surface area contributed by atoms with Crippen LogP contribution in [0.3, 0.4) is 0 Å². The van der Waals surface area contributed by atoms with Crippen LogP contribution >= 0.6 is 11.3 Å². The van der Waals surface area contributed by atoms with Gasteiger partial charge in [-0.25, -0.2) is 0 Å². The third-order valence-corrected chi connectivity index (χ3v) is 4.84. The molecule has 1 fully saturated rings. The molecule has 1 N–H and O–H groups in total. The zero-order valence-electron chi connectivity index (χ0n) is 12.2. The van der Waals surface area contributed by atoms with Gasteiger partial charge in [-0.15, -0.1) is 11.3 Å². The summed E-state index contributed by atoms with van der Waals surface area (Å²) in [7, 11) is 0. The monoisotopic (exact) mass is 291 g/mol. The van der Waals surface area contributed by atoms with E-state index in [0.717, 1.165) is 11.4 Å². The highest BCUT2D eigenvalue weighted by Gasteiger charge is 2.32. The standard InChI is InChI=1S/C16H21NO2S/c1-11-7-12(2)13(3)17(9-11)16(19)14-8-15(20-10-14)5-4-6-18/h8,10-13,18H,6-7,9H2,1-3H3. The minimum absolute atomic E-state index is 0.101. The normalized spacial score (nSPS) is 26.0. The summed E-state index contributed by atoms with van der Waals surface area (Å²) in [6.45, 7) is 7.23. The lowest BCUT2D eigenvalue weighted by Crippen LogP contribution is -2.48. The van der Waals surface area contributed by atoms with Gasteiger partial charge in [0, 0.05) is 18.0 Å². The first-order chi connectivity index (χ1) is 9.52. The van der Waals surface area contributed by atoms with Gasteiger partial charge in [-0.2, -0.15) is 0 Å². The van der Waals surface area contributed by atoms with E-state index in [1.165, 1.54) is 17.8 Å². The van der Waals surface area contributed by atoms with Gasteiger partial charge in [0.15, 0.2) is 0 Å². The Bertz CT molecular complexity index is 540. The number of rotatable bonds is 1. The first-order valence-corrected chi connectivity index (χ1v) is 7.90. The van der Waals surface area contributed by atoms with Crippen molar-refractivity contribution in [2.75, 3.05) is 13.2 Å². The summed E-state index contributed by atoms with van der Waals surface area (Å²) in [6.07, 6.45) is 1.18. The number of carbonyl (C=O) groups excluding carboxylic acids is 1. The highest BCUT2D eigenvalue weighted by Crippen LogP contribution is 2.28. The van der Waals surface area contributed by atoms with Crippen molar-refractivity contribution in [3.8, 4) is 11.8 Å². The van der Waals surface area contributed by atoms with Crippen LogP contribution in [-0.4, -0.2) is 35.1 Å². The maximum atomic E-state index is 12.6. The lowest BCUT2D eigenvalue weighted by molar-refractivity contribution is 0.0456. The van der Waals surface area contributed by atoms with E-state index in [0.29, 0.717) is 17.4 Å². The van der Waals surface area contributed by atoms with Gasteiger partial charge in [-0.05, 0) is 31.2 Å². The molecule has 20 heavy (non-hydrogen) atoms. The van der Waals surface area contributed by atoms with E-state index in [1.807, 2.05) is 16.3 Å². The van der Waals surface area contributed by atoms with E-state index in [1.54, 1.807) is 0 Å². The van der Waals surface area contributed by atoms with Crippen LogP contribution in [0.5, 0.6) is 0 Å². The number of nitrogens with zero attached hydrogens (tertiary/aromatic N) is 1. The lowest BCUT2D eigenvalue weighted by atomic mass is 9.85. The number of piperidine rings is 1. The molecule has 0 spiro atoms. The zero-order chi connectivity index (χ0) is 14.7. The van der Waals surface area contributed by atoms with Gasteiger partial charge >= 0.3 is 0 Å². The maximum Gasteiger partial charge on any atom is 0.255 e. The van der Waals surface area contributed by atoms with Crippen LogP contribution in [0.4, 0.5) is 0 Å². The number of amides is 1. The van der Waals surface area contributed by atoms with Gasteiger partial charge in [0.1, 0.15) is 6.61 Å². The minimum Gasteiger partial charge on any atom is -0.384 e. The molecule has 1 aliphatic heterocycles. The van der Waals surface area contributed by atoms with E-state index in [4.69, 9.17) is 5.11 Å². The summed E-state index contributed by atoms with van der Waals surface area (Å²) in [5.41, 5.74) is 0.713. The predicted octanol–water partition coefficient (Wildman–Crippen LogP) is 2.60. The number of aliphatic hydroxyl groups excluding tert-OH is 1. The molecule has 0 aromatic carbocycles. The quantitative estimate of drug-likeness (QED) is 0.808. The molecule has 1 aromatic heterocycles. The van der Waals surface area contributed by atoms with E-state index in [9.17, 15) is 4.79 Å². The fourth-order valence-corrected chi connectivity index (χ4v) is 3.54. The van der Waals surface area contributed by atoms with Crippen molar-refractivity contribution < 1.29 is 9.90 Å². The number of likely N-dealkylation sites (tertiary alicyclic amines) is 1. The van der Waals surface area contributed by atoms with Crippen LogP contribution in [0.2, 0.25) is 0 Å². The Hall–Kier alpha value is -1.31. The average molecular weight is 291 g/mol. The highest BCUT2D eigenvalue weighted by molar-refractivity contribution is 7.10. The molecule has 0 saturated carbocycles. The lowest BCUT2D eigenvalue weighted by Gasteiger charge is -2.41. The van der Waals surface area contributed by atoms with Crippen molar-refractivity contribution in [1.82, 2.24) is 4.90 Å². The number of thiophene rings is 1. The molecule has 1 aliphatic rings. The summed E-state index contributed by atoms with van der Waals surface area (Å²) in [6, 6.07) is 2.11. The van der Waals surface area contributed by atoms with Gasteiger partial charge < -0.3 is 10.0 Å². The van der Waals surface area contributed by atoms with Crippen molar-refractivity contribution in [3.05, 3.63) is 21.9 Å². The van der Waals surface area contributed by atoms with Crippen LogP contribution in [0, 0.1) is 23.7 Å². The molecule has 3 unspecified atom stereocenters. The zero-order valence-corrected chi connectivity index (χ0v) is 13.0. The van der Waals surface area contributed by atoms with Crippen LogP contribution < -0.4 is 0 Å². The number of aliphatic hydroxyl groups is 1. The summed E-state index contributed by atoms with van der Waals surface area (Å²) >= 11 is 1.45. The average Bonchev–Trinajstić information content (AvgIpc) is 2.88. The molecule has 1 aromatic rings. The van der Waals surface area contributed by atoms with E-state index in [2.05, 4.69) is 32.6 Å². The Morgan fingerprint density at radius 1 is 1.50 bits per heavy atom. The Morgan fingerprint density at radius 2 is 2.25 bits per heavy atom. The summed E-state index contributed by atoms with van der Waals surface area (Å²) in [5.74, 6) is 6.65. The van der Waals surface area contributed by atoms with Crippen LogP contribution in [0.25, 0.3) is 0 Å². The molecule has 108 valence electrons. The van der Waals surface area contributed by atoms with E-state index < -0.39 is 0 Å². The van der Waals surface area contributed by atoms with Gasteiger partial charge in [0.05, 0.1) is 10.4 Å². The fourth-order valence-electron chi connectivity index (χ4n) is 2.79. The molecule has 3 nitrogen and oxygen atoms in total. The maximum absolute atomic E-state index is 12.6. The number of carbonyl (C=O) groups is 1. The predicted molar refractivity (Wildman–Crippen MR) is 81.7 cm³/mol. The second kappa shape index (κ2) is 6.43. The molecule has 3 atom stereocenters. The van der Waals surface area contributed by atoms with Crippen molar-refractivity contribution in [2.24, 2.45) is 11.8 Å². The highest BCUT2D eigenvalue weighted by atomic mass is 32.1. The largest absolute Gasteiger partial charge is 0.384 e. The molecule has 0 bridgehead atoms. The van der Waals surface area contributed by atoms with Crippen molar-refractivity contribution in [2.45, 2.75) is 33.2 Å². The first-order valence-electron chi connectivity index (χ1n) is 7.02. The topological polar surface area (TPSA) is 40.5 Å². The molecule has 0 radical (unpaired) electrons. The van der Waals surface area contributed by atoms with Crippen LogP contribution in [0.1, 0.15) is 42.4 Å². The van der Waals surface area contributed by atoms with E-state index >= 15 is 0 Å². The molecule has 1 saturated heterocycles. The summed E-state index contributed by atoms with van der Waals surface area (Å²) in [4.78, 5) is 15.4. The molecule has 2 heterocycles. The Morgan fingerprint density at radius 3 is 2.95 bits per heavy atom. The van der Waals surface area contributed by atoms with Crippen molar-refractivity contribution in [3.63, 3.8) is 0 Å². The molecule has 0 aliphatic carbocycles. The second-order valence-corrected chi connectivity index (χ2v) is 6.59. The fraction of sp³-hybridized carbons (Fsp3) is 0.562. The second-order valence-electron chi connectivity index (χ2n) is 5.68. The Balaban J connectivity index is 2.15. The number of hydrogen-bond donors (Lipinski definition) is 1. The van der Waals surface area contributed by atoms with Crippen LogP contribution in [-0.2, 0) is 0 Å². The van der Waals surface area contributed by atoms with E-state index in [-0.39, 0.29) is 18.6 Å². The minimum atomic E-state index is -0.153. The molecular weight excluding hydrogens is 270 g/mol. The number of hydrogen-bond acceptors (Lipinski definition) is 3. The van der Waals surface area contributed by atoms with Gasteiger partial charge in [-0.1, -0.05) is 25.7 Å². The van der Waals surface area contributed by atoms with Crippen molar-refractivity contribution in [1.29, 1.82) is 0 Å². The van der Waals surface area contributed by atoms with Crippen molar-refractivity contribution >= 4 is 17.2 Å². The molecule has 4 heteroatoms. The molecule has 1 amide bonds. The summed E-state index contributed by atoms with van der Waals surface area (Å²) < 4.78 is 0. The SMILES string of the molecule is CC1CC(C)C(C)N(C(=O)c2csc(C#CCO)c2)C1. The Kier molecular flexibility index (Phi) is 4.85. The van der Waals surface area contributed by atoms with Gasteiger partial charge in [0.25, 0.3) is 5.91 Å².